The molecule has 2 aliphatic heterocycles. The summed E-state index contributed by atoms with van der Waals surface area (Å²) in [6, 6.07) is 8.75. The highest BCUT2D eigenvalue weighted by atomic mass is 16.2. The lowest BCUT2D eigenvalue weighted by Gasteiger charge is -2.42. The summed E-state index contributed by atoms with van der Waals surface area (Å²) in [7, 11) is 1.87. The number of amides is 3. The maximum atomic E-state index is 12.7. The molecule has 1 N–H and O–H groups in total. The molecule has 3 amide bonds. The fourth-order valence-corrected chi connectivity index (χ4v) is 5.01. The monoisotopic (exact) mass is 369 g/mol. The highest BCUT2D eigenvalue weighted by Gasteiger charge is 2.45. The summed E-state index contributed by atoms with van der Waals surface area (Å²) < 4.78 is 0. The van der Waals surface area contributed by atoms with Gasteiger partial charge in [0, 0.05) is 26.7 Å². The van der Waals surface area contributed by atoms with Crippen molar-refractivity contribution in [2.24, 2.45) is 0 Å². The molecule has 0 radical (unpaired) electrons. The van der Waals surface area contributed by atoms with Crippen molar-refractivity contribution in [1.82, 2.24) is 15.1 Å². The van der Waals surface area contributed by atoms with Gasteiger partial charge >= 0.3 is 6.03 Å². The van der Waals surface area contributed by atoms with E-state index < -0.39 is 0 Å². The number of hydrogen-bond acceptors (Lipinski definition) is 2. The molecule has 1 aromatic carbocycles. The average molecular weight is 370 g/mol. The first-order chi connectivity index (χ1) is 13.1. The molecule has 3 fully saturated rings. The molecule has 1 aromatic rings. The van der Waals surface area contributed by atoms with Crippen LogP contribution in [0.1, 0.15) is 62.0 Å². The molecule has 1 aliphatic carbocycles. The second-order valence-corrected chi connectivity index (χ2v) is 8.58. The van der Waals surface area contributed by atoms with Crippen molar-refractivity contribution in [2.75, 3.05) is 26.7 Å². The van der Waals surface area contributed by atoms with Crippen LogP contribution in [0.15, 0.2) is 24.3 Å². The minimum atomic E-state index is -0.102. The number of hydrogen-bond donors (Lipinski definition) is 1. The minimum absolute atomic E-state index is 0.00725. The smallest absolute Gasteiger partial charge is 0.317 e. The Bertz CT molecular complexity index is 686. The van der Waals surface area contributed by atoms with Gasteiger partial charge in [-0.3, -0.25) is 4.79 Å². The van der Waals surface area contributed by atoms with E-state index in [-0.39, 0.29) is 17.5 Å². The summed E-state index contributed by atoms with van der Waals surface area (Å²) in [5.74, 6) is 0.914. The van der Waals surface area contributed by atoms with Gasteiger partial charge in [-0.1, -0.05) is 43.5 Å². The number of urea groups is 1. The highest BCUT2D eigenvalue weighted by Crippen LogP contribution is 2.33. The molecule has 146 valence electrons. The second kappa shape index (κ2) is 7.53. The van der Waals surface area contributed by atoms with Gasteiger partial charge in [0.05, 0.1) is 12.0 Å². The SMILES string of the molecule is CN1C(=O)NCC12CCN(C(=O)Cc1ccc(C3CCCCC3)cc1)CC2. The molecular weight excluding hydrogens is 338 g/mol. The summed E-state index contributed by atoms with van der Waals surface area (Å²) in [6.45, 7) is 2.17. The molecule has 3 aliphatic rings. The van der Waals surface area contributed by atoms with E-state index in [1.807, 2.05) is 16.8 Å². The number of nitrogens with one attached hydrogen (secondary N) is 1. The molecule has 1 saturated carbocycles. The number of nitrogens with zero attached hydrogens (tertiary/aromatic N) is 2. The molecule has 0 bridgehead atoms. The van der Waals surface area contributed by atoms with Gasteiger partial charge in [-0.05, 0) is 42.7 Å². The van der Waals surface area contributed by atoms with E-state index in [2.05, 4.69) is 29.6 Å². The lowest BCUT2D eigenvalue weighted by molar-refractivity contribution is -0.132. The molecule has 0 unspecified atom stereocenters. The van der Waals surface area contributed by atoms with E-state index in [1.165, 1.54) is 37.7 Å². The molecule has 2 heterocycles. The first kappa shape index (κ1) is 18.3. The molecular formula is C22H31N3O2. The molecule has 1 spiro atoms. The zero-order chi connectivity index (χ0) is 18.9. The van der Waals surface area contributed by atoms with Gasteiger partial charge in [-0.15, -0.1) is 0 Å². The van der Waals surface area contributed by atoms with Gasteiger partial charge in [0.2, 0.25) is 5.91 Å². The number of benzene rings is 1. The molecule has 5 nitrogen and oxygen atoms in total. The van der Waals surface area contributed by atoms with Crippen LogP contribution in [-0.2, 0) is 11.2 Å². The predicted octanol–water partition coefficient (Wildman–Crippen LogP) is 3.29. The highest BCUT2D eigenvalue weighted by molar-refractivity contribution is 5.80. The molecule has 4 rings (SSSR count). The van der Waals surface area contributed by atoms with E-state index >= 15 is 0 Å². The number of rotatable bonds is 3. The lowest BCUT2D eigenvalue weighted by atomic mass is 9.84. The van der Waals surface area contributed by atoms with Crippen LogP contribution in [0.25, 0.3) is 0 Å². The fourth-order valence-electron chi connectivity index (χ4n) is 5.01. The topological polar surface area (TPSA) is 52.7 Å². The third-order valence-electron chi connectivity index (χ3n) is 7.04. The first-order valence-corrected chi connectivity index (χ1v) is 10.5. The molecule has 5 heteroatoms. The first-order valence-electron chi connectivity index (χ1n) is 10.5. The van der Waals surface area contributed by atoms with Crippen molar-refractivity contribution < 1.29 is 9.59 Å². The maximum Gasteiger partial charge on any atom is 0.317 e. The lowest BCUT2D eigenvalue weighted by Crippen LogP contribution is -2.54. The van der Waals surface area contributed by atoms with Gasteiger partial charge in [-0.2, -0.15) is 0 Å². The van der Waals surface area contributed by atoms with Gasteiger partial charge in [0.1, 0.15) is 0 Å². The Kier molecular flexibility index (Phi) is 5.11. The summed E-state index contributed by atoms with van der Waals surface area (Å²) >= 11 is 0. The van der Waals surface area contributed by atoms with Crippen molar-refractivity contribution >= 4 is 11.9 Å². The van der Waals surface area contributed by atoms with Crippen LogP contribution in [0.2, 0.25) is 0 Å². The maximum absolute atomic E-state index is 12.7. The van der Waals surface area contributed by atoms with E-state index in [0.717, 1.165) is 31.5 Å². The van der Waals surface area contributed by atoms with Crippen LogP contribution in [-0.4, -0.2) is 54.0 Å². The van der Waals surface area contributed by atoms with Gasteiger partial charge in [0.15, 0.2) is 0 Å². The van der Waals surface area contributed by atoms with Crippen LogP contribution in [0, 0.1) is 0 Å². The van der Waals surface area contributed by atoms with E-state index in [0.29, 0.717) is 18.9 Å². The Morgan fingerprint density at radius 2 is 1.78 bits per heavy atom. The summed E-state index contributed by atoms with van der Waals surface area (Å²) in [5.41, 5.74) is 2.44. The van der Waals surface area contributed by atoms with Gasteiger partial charge in [-0.25, -0.2) is 4.79 Å². The summed E-state index contributed by atoms with van der Waals surface area (Å²) in [4.78, 5) is 28.3. The molecule has 27 heavy (non-hydrogen) atoms. The van der Waals surface area contributed by atoms with E-state index in [4.69, 9.17) is 0 Å². The summed E-state index contributed by atoms with van der Waals surface area (Å²) in [6.07, 6.45) is 8.86. The van der Waals surface area contributed by atoms with E-state index in [1.54, 1.807) is 0 Å². The van der Waals surface area contributed by atoms with Crippen LogP contribution in [0.3, 0.4) is 0 Å². The van der Waals surface area contributed by atoms with Crippen molar-refractivity contribution in [3.63, 3.8) is 0 Å². The molecule has 0 aromatic heterocycles. The third kappa shape index (κ3) is 3.69. The van der Waals surface area contributed by atoms with E-state index in [9.17, 15) is 9.59 Å². The minimum Gasteiger partial charge on any atom is -0.342 e. The quantitative estimate of drug-likeness (QED) is 0.889. The number of carbonyl (C=O) groups excluding carboxylic acids is 2. The zero-order valence-corrected chi connectivity index (χ0v) is 16.4. The predicted molar refractivity (Wildman–Crippen MR) is 106 cm³/mol. The van der Waals surface area contributed by atoms with Crippen LogP contribution >= 0.6 is 0 Å². The number of piperidine rings is 1. The average Bonchev–Trinajstić information content (AvgIpc) is 2.98. The Hall–Kier alpha value is -2.04. The van der Waals surface area contributed by atoms with Gasteiger partial charge < -0.3 is 15.1 Å². The zero-order valence-electron chi connectivity index (χ0n) is 16.4. The molecule has 0 atom stereocenters. The normalized spacial score (nSPS) is 22.9. The Morgan fingerprint density at radius 1 is 1.11 bits per heavy atom. The standard InChI is InChI=1S/C22H31N3O2/c1-24-21(27)23-16-22(24)11-13-25(14-12-22)20(26)15-17-7-9-19(10-8-17)18-5-3-2-4-6-18/h7-10,18H,2-6,11-16H2,1H3,(H,23,27). The van der Waals surface area contributed by atoms with Crippen LogP contribution < -0.4 is 5.32 Å². The van der Waals surface area contributed by atoms with Crippen molar-refractivity contribution in [1.29, 1.82) is 0 Å². The number of carbonyl (C=O) groups is 2. The molecule has 2 saturated heterocycles. The van der Waals surface area contributed by atoms with Crippen LogP contribution in [0.4, 0.5) is 4.79 Å². The number of likely N-dealkylation sites (N-methyl/N-ethyl adjacent to an activating group) is 1. The fraction of sp³-hybridized carbons (Fsp3) is 0.636. The Balaban J connectivity index is 1.31. The van der Waals surface area contributed by atoms with Crippen molar-refractivity contribution in [3.05, 3.63) is 35.4 Å². The largest absolute Gasteiger partial charge is 0.342 e. The van der Waals surface area contributed by atoms with Crippen molar-refractivity contribution in [2.45, 2.75) is 62.8 Å². The van der Waals surface area contributed by atoms with Crippen molar-refractivity contribution in [3.8, 4) is 0 Å². The summed E-state index contributed by atoms with van der Waals surface area (Å²) in [5, 5.41) is 2.93. The number of likely N-dealkylation sites (tertiary alicyclic amines) is 1. The van der Waals surface area contributed by atoms with Crippen LogP contribution in [0.5, 0.6) is 0 Å². The second-order valence-electron chi connectivity index (χ2n) is 8.58. The Morgan fingerprint density at radius 3 is 2.37 bits per heavy atom. The van der Waals surface area contributed by atoms with Gasteiger partial charge in [0.25, 0.3) is 0 Å². The third-order valence-corrected chi connectivity index (χ3v) is 7.04. The Labute approximate surface area is 162 Å².